The molecule has 1 aliphatic rings. The highest BCUT2D eigenvalue weighted by molar-refractivity contribution is 5.74. The van der Waals surface area contributed by atoms with Crippen molar-refractivity contribution in [3.8, 4) is 5.69 Å². The number of hydrogen-bond donors (Lipinski definition) is 1. The minimum atomic E-state index is -0.470. The van der Waals surface area contributed by atoms with Crippen molar-refractivity contribution in [3.05, 3.63) is 35.2 Å². The van der Waals surface area contributed by atoms with Crippen molar-refractivity contribution in [2.75, 3.05) is 0 Å². The van der Waals surface area contributed by atoms with Gasteiger partial charge >= 0.3 is 0 Å². The van der Waals surface area contributed by atoms with Crippen molar-refractivity contribution in [3.63, 3.8) is 0 Å². The lowest BCUT2D eigenvalue weighted by Crippen LogP contribution is -2.48. The molecular weight excluding hydrogens is 290 g/mol. The van der Waals surface area contributed by atoms with Gasteiger partial charge < -0.3 is 5.32 Å². The summed E-state index contributed by atoms with van der Waals surface area (Å²) in [5.74, 6) is 0.702. The van der Waals surface area contributed by atoms with Gasteiger partial charge in [0.05, 0.1) is 5.69 Å². The molecule has 2 aromatic rings. The van der Waals surface area contributed by atoms with Crippen molar-refractivity contribution in [2.24, 2.45) is 0 Å². The zero-order chi connectivity index (χ0) is 16.4. The fraction of sp³-hybridized carbons (Fsp3) is 0.529. The van der Waals surface area contributed by atoms with E-state index in [0.29, 0.717) is 0 Å². The van der Waals surface area contributed by atoms with Crippen LogP contribution in [0.2, 0.25) is 0 Å². The Hall–Kier alpha value is -2.24. The lowest BCUT2D eigenvalue weighted by molar-refractivity contribution is -0.121. The van der Waals surface area contributed by atoms with Gasteiger partial charge in [-0.2, -0.15) is 4.68 Å². The molecule has 0 bridgehead atoms. The number of nitrogens with one attached hydrogen (secondary N) is 1. The summed E-state index contributed by atoms with van der Waals surface area (Å²) in [6.07, 6.45) is 5.07. The van der Waals surface area contributed by atoms with E-state index in [-0.39, 0.29) is 5.91 Å². The zero-order valence-electron chi connectivity index (χ0n) is 14.0. The van der Waals surface area contributed by atoms with Gasteiger partial charge in [-0.15, -0.1) is 5.10 Å². The van der Waals surface area contributed by atoms with Crippen LogP contribution in [0.1, 0.15) is 56.0 Å². The first-order valence-electron chi connectivity index (χ1n) is 8.18. The maximum Gasteiger partial charge on any atom is 0.217 e. The molecular formula is C17H23N5O. The first kappa shape index (κ1) is 15.6. The van der Waals surface area contributed by atoms with Crippen molar-refractivity contribution in [1.29, 1.82) is 0 Å². The number of benzene rings is 1. The maximum atomic E-state index is 11.8. The summed E-state index contributed by atoms with van der Waals surface area (Å²) in [7, 11) is 0. The Morgan fingerprint density at radius 2 is 1.83 bits per heavy atom. The average molecular weight is 313 g/mol. The molecule has 0 radical (unpaired) electrons. The molecule has 1 fully saturated rings. The highest BCUT2D eigenvalue weighted by Crippen LogP contribution is 2.37. The topological polar surface area (TPSA) is 72.7 Å². The third-order valence-corrected chi connectivity index (χ3v) is 4.67. The van der Waals surface area contributed by atoms with Crippen molar-refractivity contribution >= 4 is 5.91 Å². The monoisotopic (exact) mass is 313 g/mol. The Labute approximate surface area is 136 Å². The molecule has 6 heteroatoms. The van der Waals surface area contributed by atoms with Gasteiger partial charge in [-0.05, 0) is 48.2 Å². The molecule has 0 spiro atoms. The number of nitrogens with zero attached hydrogens (tertiary/aromatic N) is 4. The second-order valence-corrected chi connectivity index (χ2v) is 6.48. The molecule has 1 aliphatic carbocycles. The number of aryl methyl sites for hydroxylation is 2. The number of tetrazole rings is 1. The number of amides is 1. The lowest BCUT2D eigenvalue weighted by Gasteiger charge is -2.36. The smallest absolute Gasteiger partial charge is 0.217 e. The van der Waals surface area contributed by atoms with Gasteiger partial charge in [-0.3, -0.25) is 4.79 Å². The number of hydrogen-bond acceptors (Lipinski definition) is 4. The van der Waals surface area contributed by atoms with Gasteiger partial charge in [0, 0.05) is 6.92 Å². The normalized spacial score (nSPS) is 17.0. The highest BCUT2D eigenvalue weighted by atomic mass is 16.1. The molecule has 1 amide bonds. The van der Waals surface area contributed by atoms with Gasteiger partial charge in [0.1, 0.15) is 5.54 Å². The van der Waals surface area contributed by atoms with Gasteiger partial charge in [0.2, 0.25) is 5.91 Å². The largest absolute Gasteiger partial charge is 0.344 e. The molecule has 6 nitrogen and oxygen atoms in total. The van der Waals surface area contributed by atoms with E-state index in [1.807, 2.05) is 10.7 Å². The average Bonchev–Trinajstić information content (AvgIpc) is 2.97. The quantitative estimate of drug-likeness (QED) is 0.945. The minimum Gasteiger partial charge on any atom is -0.344 e. The van der Waals surface area contributed by atoms with Crippen LogP contribution in [0, 0.1) is 13.8 Å². The van der Waals surface area contributed by atoms with Crippen molar-refractivity contribution in [2.45, 2.75) is 58.4 Å². The first-order chi connectivity index (χ1) is 11.0. The summed E-state index contributed by atoms with van der Waals surface area (Å²) in [6, 6.07) is 6.14. The standard InChI is InChI=1S/C17H23N5O/c1-12-8-7-9-13(2)15(12)22-16(19-20-21-22)17(18-14(3)23)10-5-4-6-11-17/h7-9H,4-6,10-11H2,1-3H3,(H,18,23). The summed E-state index contributed by atoms with van der Waals surface area (Å²) >= 11 is 0. The molecule has 1 N–H and O–H groups in total. The van der Waals surface area contributed by atoms with E-state index < -0.39 is 5.54 Å². The van der Waals surface area contributed by atoms with Crippen LogP contribution < -0.4 is 5.32 Å². The van der Waals surface area contributed by atoms with E-state index in [1.54, 1.807) is 6.92 Å². The Balaban J connectivity index is 2.13. The molecule has 1 aromatic carbocycles. The fourth-order valence-corrected chi connectivity index (χ4v) is 3.67. The van der Waals surface area contributed by atoms with Crippen LogP contribution in [0.4, 0.5) is 0 Å². The Morgan fingerprint density at radius 1 is 1.17 bits per heavy atom. The summed E-state index contributed by atoms with van der Waals surface area (Å²) in [6.45, 7) is 5.67. The maximum absolute atomic E-state index is 11.8. The minimum absolute atomic E-state index is 0.0389. The third-order valence-electron chi connectivity index (χ3n) is 4.67. The summed E-state index contributed by atoms with van der Waals surface area (Å²) in [5.41, 5.74) is 2.77. The number of carbonyl (C=O) groups is 1. The predicted molar refractivity (Wildman–Crippen MR) is 87.2 cm³/mol. The summed E-state index contributed by atoms with van der Waals surface area (Å²) < 4.78 is 1.81. The molecule has 0 atom stereocenters. The van der Waals surface area contributed by atoms with Crippen LogP contribution in [0.5, 0.6) is 0 Å². The van der Waals surface area contributed by atoms with Crippen molar-refractivity contribution < 1.29 is 4.79 Å². The van der Waals surface area contributed by atoms with Gasteiger partial charge in [0.15, 0.2) is 5.82 Å². The fourth-order valence-electron chi connectivity index (χ4n) is 3.67. The number of rotatable bonds is 3. The van der Waals surface area contributed by atoms with Crippen LogP contribution in [0.15, 0.2) is 18.2 Å². The van der Waals surface area contributed by atoms with E-state index >= 15 is 0 Å². The predicted octanol–water partition coefficient (Wildman–Crippen LogP) is 2.57. The third kappa shape index (κ3) is 2.85. The SMILES string of the molecule is CC(=O)NC1(c2nnnn2-c2c(C)cccc2C)CCCCC1. The Bertz CT molecular complexity index is 695. The zero-order valence-corrected chi connectivity index (χ0v) is 14.0. The molecule has 1 aromatic heterocycles. The second-order valence-electron chi connectivity index (χ2n) is 6.48. The number of para-hydroxylation sites is 1. The van der Waals surface area contributed by atoms with Crippen molar-refractivity contribution in [1.82, 2.24) is 25.5 Å². The second kappa shape index (κ2) is 6.10. The van der Waals surface area contributed by atoms with Gasteiger partial charge in [-0.1, -0.05) is 37.5 Å². The number of aromatic nitrogens is 4. The molecule has 0 saturated heterocycles. The molecule has 122 valence electrons. The first-order valence-corrected chi connectivity index (χ1v) is 8.18. The Morgan fingerprint density at radius 3 is 2.43 bits per heavy atom. The van der Waals surface area contributed by atoms with E-state index in [2.05, 4.69) is 46.8 Å². The van der Waals surface area contributed by atoms with Crippen LogP contribution >= 0.6 is 0 Å². The molecule has 3 rings (SSSR count). The van der Waals surface area contributed by atoms with E-state index in [1.165, 1.54) is 6.42 Å². The summed E-state index contributed by atoms with van der Waals surface area (Å²) in [4.78, 5) is 11.8. The van der Waals surface area contributed by atoms with E-state index in [0.717, 1.165) is 48.3 Å². The van der Waals surface area contributed by atoms with Crippen LogP contribution in [-0.4, -0.2) is 26.1 Å². The van der Waals surface area contributed by atoms with Gasteiger partial charge in [-0.25, -0.2) is 0 Å². The van der Waals surface area contributed by atoms with Gasteiger partial charge in [0.25, 0.3) is 0 Å². The molecule has 0 unspecified atom stereocenters. The molecule has 1 heterocycles. The van der Waals surface area contributed by atoms with E-state index in [9.17, 15) is 4.79 Å². The van der Waals surface area contributed by atoms with Crippen LogP contribution in [0.3, 0.4) is 0 Å². The Kier molecular flexibility index (Phi) is 4.15. The molecule has 0 aliphatic heterocycles. The summed E-state index contributed by atoms with van der Waals surface area (Å²) in [5, 5.41) is 15.6. The van der Waals surface area contributed by atoms with E-state index in [4.69, 9.17) is 0 Å². The van der Waals surface area contributed by atoms with Crippen LogP contribution in [-0.2, 0) is 10.3 Å². The highest BCUT2D eigenvalue weighted by Gasteiger charge is 2.40. The molecule has 23 heavy (non-hydrogen) atoms. The molecule has 1 saturated carbocycles. The lowest BCUT2D eigenvalue weighted by atomic mass is 9.80. The number of carbonyl (C=O) groups excluding carboxylic acids is 1. The van der Waals surface area contributed by atoms with Crippen LogP contribution in [0.25, 0.3) is 5.69 Å².